The van der Waals surface area contributed by atoms with E-state index >= 15 is 0 Å². The number of anilines is 1. The average molecular weight is 371 g/mol. The number of nitro groups is 1. The van der Waals surface area contributed by atoms with Gasteiger partial charge in [-0.3, -0.25) is 4.79 Å². The zero-order chi connectivity index (χ0) is 19.4. The number of likely N-dealkylation sites (tertiary alicyclic amines) is 1. The molecule has 3 rings (SSSR count). The van der Waals surface area contributed by atoms with Crippen LogP contribution in [-0.4, -0.2) is 45.8 Å². The van der Waals surface area contributed by atoms with Crippen LogP contribution in [0.2, 0.25) is 0 Å². The zero-order valence-corrected chi connectivity index (χ0v) is 15.2. The van der Waals surface area contributed by atoms with E-state index in [1.54, 1.807) is 19.1 Å². The highest BCUT2D eigenvalue weighted by atomic mass is 16.6. The molecular weight excluding hydrogens is 350 g/mol. The van der Waals surface area contributed by atoms with E-state index in [1.807, 2.05) is 7.05 Å². The predicted molar refractivity (Wildman–Crippen MR) is 98.8 cm³/mol. The number of pyridine rings is 2. The van der Waals surface area contributed by atoms with E-state index in [2.05, 4.69) is 20.2 Å². The number of hydrogen-bond donors (Lipinski definition) is 1. The number of nitrogens with zero attached hydrogens (tertiary/aromatic N) is 4. The van der Waals surface area contributed by atoms with Crippen molar-refractivity contribution in [2.75, 3.05) is 25.5 Å². The summed E-state index contributed by atoms with van der Waals surface area (Å²) in [6.45, 7) is 3.44. The normalized spacial score (nSPS) is 15.3. The number of carbonyl (C=O) groups excluding carboxylic acids is 1. The maximum Gasteiger partial charge on any atom is 0.363 e. The van der Waals surface area contributed by atoms with Crippen LogP contribution < -0.4 is 10.1 Å². The molecule has 1 saturated heterocycles. The van der Waals surface area contributed by atoms with E-state index in [9.17, 15) is 14.9 Å². The molecule has 0 radical (unpaired) electrons. The van der Waals surface area contributed by atoms with Gasteiger partial charge in [-0.15, -0.1) is 0 Å². The van der Waals surface area contributed by atoms with Crippen LogP contribution in [0.25, 0.3) is 0 Å². The van der Waals surface area contributed by atoms with Gasteiger partial charge in [0.05, 0.1) is 0 Å². The molecule has 1 amide bonds. The number of carbonyl (C=O) groups is 1. The quantitative estimate of drug-likeness (QED) is 0.635. The van der Waals surface area contributed by atoms with Crippen LogP contribution in [-0.2, 0) is 4.79 Å². The molecule has 1 fully saturated rings. The first kappa shape index (κ1) is 18.7. The molecule has 2 aromatic rings. The summed E-state index contributed by atoms with van der Waals surface area (Å²) in [7, 11) is 2.05. The number of ether oxygens (including phenoxy) is 1. The molecule has 142 valence electrons. The molecule has 0 spiro atoms. The molecule has 0 aliphatic carbocycles. The molecular formula is C18H21N5O4. The van der Waals surface area contributed by atoms with E-state index in [-0.39, 0.29) is 17.6 Å². The van der Waals surface area contributed by atoms with Gasteiger partial charge in [-0.05, 0) is 55.0 Å². The Kier molecular flexibility index (Phi) is 5.60. The Hall–Kier alpha value is -3.07. The third-order valence-electron chi connectivity index (χ3n) is 4.51. The standard InChI is InChI=1S/C18H21N5O4/c1-12-15(3-4-17(20-12)23(25)26)27-14-5-8-19-16(11-14)21-18(24)13-6-9-22(2)10-7-13/h3-5,8,11,13H,6-7,9-10H2,1-2H3,(H,19,21,24). The first-order chi connectivity index (χ1) is 12.9. The molecule has 27 heavy (non-hydrogen) atoms. The van der Waals surface area contributed by atoms with Gasteiger partial charge < -0.3 is 25.1 Å². The molecule has 3 heterocycles. The van der Waals surface area contributed by atoms with Crippen LogP contribution in [0.3, 0.4) is 0 Å². The monoisotopic (exact) mass is 371 g/mol. The van der Waals surface area contributed by atoms with Crippen molar-refractivity contribution in [3.05, 3.63) is 46.3 Å². The van der Waals surface area contributed by atoms with E-state index < -0.39 is 4.92 Å². The van der Waals surface area contributed by atoms with Crippen molar-refractivity contribution < 1.29 is 14.5 Å². The minimum atomic E-state index is -0.556. The topological polar surface area (TPSA) is 110 Å². The minimum absolute atomic E-state index is 0.0197. The van der Waals surface area contributed by atoms with Crippen LogP contribution in [0.15, 0.2) is 30.5 Å². The lowest BCUT2D eigenvalue weighted by Gasteiger charge is -2.27. The lowest BCUT2D eigenvalue weighted by Crippen LogP contribution is -2.36. The van der Waals surface area contributed by atoms with Crippen LogP contribution >= 0.6 is 0 Å². The van der Waals surface area contributed by atoms with Crippen molar-refractivity contribution in [2.45, 2.75) is 19.8 Å². The predicted octanol–water partition coefficient (Wildman–Crippen LogP) is 2.77. The molecule has 2 aromatic heterocycles. The Morgan fingerprint density at radius 1 is 1.33 bits per heavy atom. The van der Waals surface area contributed by atoms with Gasteiger partial charge in [-0.1, -0.05) is 0 Å². The molecule has 0 bridgehead atoms. The van der Waals surface area contributed by atoms with Gasteiger partial charge in [0.25, 0.3) is 0 Å². The summed E-state index contributed by atoms with van der Waals surface area (Å²) in [6, 6.07) is 6.05. The second kappa shape index (κ2) is 8.09. The fraction of sp³-hybridized carbons (Fsp3) is 0.389. The van der Waals surface area contributed by atoms with Crippen molar-refractivity contribution in [1.29, 1.82) is 0 Å². The second-order valence-electron chi connectivity index (χ2n) is 6.56. The van der Waals surface area contributed by atoms with Crippen molar-refractivity contribution in [3.8, 4) is 11.5 Å². The molecule has 0 unspecified atom stereocenters. The van der Waals surface area contributed by atoms with Gasteiger partial charge in [-0.25, -0.2) is 4.98 Å². The Morgan fingerprint density at radius 3 is 2.74 bits per heavy atom. The summed E-state index contributed by atoms with van der Waals surface area (Å²) in [6.07, 6.45) is 3.19. The summed E-state index contributed by atoms with van der Waals surface area (Å²) in [5.74, 6) is 0.973. The molecule has 0 saturated carbocycles. The van der Waals surface area contributed by atoms with Crippen molar-refractivity contribution >= 4 is 17.5 Å². The molecule has 0 aromatic carbocycles. The van der Waals surface area contributed by atoms with E-state index in [0.717, 1.165) is 25.9 Å². The van der Waals surface area contributed by atoms with Crippen molar-refractivity contribution in [3.63, 3.8) is 0 Å². The zero-order valence-electron chi connectivity index (χ0n) is 15.2. The molecule has 1 aliphatic rings. The summed E-state index contributed by atoms with van der Waals surface area (Å²) >= 11 is 0. The van der Waals surface area contributed by atoms with E-state index in [1.165, 1.54) is 18.3 Å². The highest BCUT2D eigenvalue weighted by molar-refractivity contribution is 5.91. The minimum Gasteiger partial charge on any atom is -0.453 e. The number of piperidine rings is 1. The van der Waals surface area contributed by atoms with Crippen molar-refractivity contribution in [2.24, 2.45) is 5.92 Å². The van der Waals surface area contributed by atoms with Gasteiger partial charge in [0.1, 0.15) is 11.6 Å². The van der Waals surface area contributed by atoms with Gasteiger partial charge in [0.15, 0.2) is 11.4 Å². The maximum atomic E-state index is 12.4. The lowest BCUT2D eigenvalue weighted by molar-refractivity contribution is -0.389. The molecule has 1 N–H and O–H groups in total. The van der Waals surface area contributed by atoms with Gasteiger partial charge in [-0.2, -0.15) is 0 Å². The number of aryl methyl sites for hydroxylation is 1. The Morgan fingerprint density at radius 2 is 2.07 bits per heavy atom. The number of hydrogen-bond acceptors (Lipinski definition) is 7. The van der Waals surface area contributed by atoms with Crippen LogP contribution in [0.1, 0.15) is 18.5 Å². The SMILES string of the molecule is Cc1nc([N+](=O)[O-])ccc1Oc1ccnc(NC(=O)C2CCN(C)CC2)c1. The van der Waals surface area contributed by atoms with Crippen LogP contribution in [0.4, 0.5) is 11.6 Å². The first-order valence-corrected chi connectivity index (χ1v) is 8.68. The van der Waals surface area contributed by atoms with Crippen LogP contribution in [0.5, 0.6) is 11.5 Å². The van der Waals surface area contributed by atoms with Crippen LogP contribution in [0, 0.1) is 23.0 Å². The van der Waals surface area contributed by atoms with Crippen molar-refractivity contribution in [1.82, 2.24) is 14.9 Å². The number of nitrogens with one attached hydrogen (secondary N) is 1. The third kappa shape index (κ3) is 4.76. The first-order valence-electron chi connectivity index (χ1n) is 8.68. The molecule has 1 aliphatic heterocycles. The Bertz CT molecular complexity index is 849. The summed E-state index contributed by atoms with van der Waals surface area (Å²) in [5.41, 5.74) is 0.401. The Balaban J connectivity index is 1.67. The smallest absolute Gasteiger partial charge is 0.363 e. The van der Waals surface area contributed by atoms with Gasteiger partial charge >= 0.3 is 5.82 Å². The summed E-state index contributed by atoms with van der Waals surface area (Å²) < 4.78 is 5.74. The number of amides is 1. The maximum absolute atomic E-state index is 12.4. The van der Waals surface area contributed by atoms with Gasteiger partial charge in [0.2, 0.25) is 5.91 Å². The molecule has 0 atom stereocenters. The second-order valence-corrected chi connectivity index (χ2v) is 6.56. The highest BCUT2D eigenvalue weighted by Crippen LogP contribution is 2.27. The van der Waals surface area contributed by atoms with Gasteiger partial charge in [0, 0.05) is 31.2 Å². The highest BCUT2D eigenvalue weighted by Gasteiger charge is 2.23. The van der Waals surface area contributed by atoms with E-state index in [0.29, 0.717) is 23.0 Å². The number of aromatic nitrogens is 2. The lowest BCUT2D eigenvalue weighted by atomic mass is 9.96. The van der Waals surface area contributed by atoms with E-state index in [4.69, 9.17) is 4.74 Å². The fourth-order valence-electron chi connectivity index (χ4n) is 2.91. The third-order valence-corrected chi connectivity index (χ3v) is 4.51. The largest absolute Gasteiger partial charge is 0.453 e. The summed E-state index contributed by atoms with van der Waals surface area (Å²) in [5, 5.41) is 13.6. The molecule has 9 heteroatoms. The fourth-order valence-corrected chi connectivity index (χ4v) is 2.91. The molecule has 9 nitrogen and oxygen atoms in total. The number of rotatable bonds is 5. The Labute approximate surface area is 156 Å². The summed E-state index contributed by atoms with van der Waals surface area (Å²) in [4.78, 5) is 32.9. The average Bonchev–Trinajstić information content (AvgIpc) is 2.64.